The molecule has 146 valence electrons. The summed E-state index contributed by atoms with van der Waals surface area (Å²) in [5.41, 5.74) is 1.03. The van der Waals surface area contributed by atoms with Crippen LogP contribution in [0.3, 0.4) is 0 Å². The maximum absolute atomic E-state index is 12.6. The van der Waals surface area contributed by atoms with E-state index >= 15 is 0 Å². The lowest BCUT2D eigenvalue weighted by molar-refractivity contribution is 0.0217. The Morgan fingerprint density at radius 1 is 1.46 bits per heavy atom. The van der Waals surface area contributed by atoms with Crippen molar-refractivity contribution in [2.24, 2.45) is 13.0 Å². The molecule has 0 aliphatic carbocycles. The second-order valence-corrected chi connectivity index (χ2v) is 8.22. The zero-order valence-corrected chi connectivity index (χ0v) is 16.6. The monoisotopic (exact) mass is 363 g/mol. The normalized spacial score (nSPS) is 29.7. The lowest BCUT2D eigenvalue weighted by Crippen LogP contribution is -2.48. The van der Waals surface area contributed by atoms with E-state index in [1.54, 1.807) is 0 Å². The molecule has 0 unspecified atom stereocenters. The van der Waals surface area contributed by atoms with E-state index in [2.05, 4.69) is 35.5 Å². The molecule has 1 aromatic heterocycles. The van der Waals surface area contributed by atoms with Gasteiger partial charge in [0.25, 0.3) is 0 Å². The molecule has 3 atom stereocenters. The van der Waals surface area contributed by atoms with E-state index in [9.17, 15) is 4.79 Å². The van der Waals surface area contributed by atoms with Crippen LogP contribution in [0, 0.1) is 5.92 Å². The van der Waals surface area contributed by atoms with E-state index < -0.39 is 0 Å². The predicted octanol–water partition coefficient (Wildman–Crippen LogP) is 2.01. The number of aryl methyl sites for hydroxylation is 1. The SMILES string of the molecule is CN(C[C@@H]1CCCN(C)[C@H]1c1cnn(C)c1)C(=O)NC[C@@]1(C)CCCO1. The number of urea groups is 1. The quantitative estimate of drug-likeness (QED) is 0.869. The molecule has 2 saturated heterocycles. The zero-order chi connectivity index (χ0) is 18.7. The highest BCUT2D eigenvalue weighted by Crippen LogP contribution is 2.35. The number of rotatable bonds is 5. The molecule has 1 aromatic rings. The summed E-state index contributed by atoms with van der Waals surface area (Å²) in [6, 6.07) is 0.295. The van der Waals surface area contributed by atoms with Crippen molar-refractivity contribution in [2.45, 2.75) is 44.2 Å². The van der Waals surface area contributed by atoms with Gasteiger partial charge in [0.05, 0.1) is 11.8 Å². The summed E-state index contributed by atoms with van der Waals surface area (Å²) in [6.07, 6.45) is 8.42. The van der Waals surface area contributed by atoms with E-state index in [4.69, 9.17) is 4.74 Å². The van der Waals surface area contributed by atoms with Crippen molar-refractivity contribution < 1.29 is 9.53 Å². The first-order valence-corrected chi connectivity index (χ1v) is 9.70. The first kappa shape index (κ1) is 19.2. The molecular formula is C19H33N5O2. The average Bonchev–Trinajstić information content (AvgIpc) is 3.22. The molecule has 0 bridgehead atoms. The third-order valence-corrected chi connectivity index (χ3v) is 5.84. The lowest BCUT2D eigenvalue weighted by atomic mass is 9.86. The van der Waals surface area contributed by atoms with Crippen LogP contribution in [0.1, 0.15) is 44.2 Å². The third kappa shape index (κ3) is 4.38. The number of nitrogens with zero attached hydrogens (tertiary/aromatic N) is 4. The number of nitrogens with one attached hydrogen (secondary N) is 1. The van der Waals surface area contributed by atoms with E-state index in [0.717, 1.165) is 39.0 Å². The Morgan fingerprint density at radius 3 is 2.92 bits per heavy atom. The Bertz CT molecular complexity index is 611. The summed E-state index contributed by atoms with van der Waals surface area (Å²) in [5.74, 6) is 0.409. The van der Waals surface area contributed by atoms with Crippen LogP contribution in [0.15, 0.2) is 12.4 Å². The number of aromatic nitrogens is 2. The predicted molar refractivity (Wildman–Crippen MR) is 101 cm³/mol. The molecule has 2 aliphatic heterocycles. The first-order chi connectivity index (χ1) is 12.4. The summed E-state index contributed by atoms with van der Waals surface area (Å²) >= 11 is 0. The van der Waals surface area contributed by atoms with Crippen LogP contribution >= 0.6 is 0 Å². The van der Waals surface area contributed by atoms with Gasteiger partial charge in [-0.3, -0.25) is 9.58 Å². The van der Waals surface area contributed by atoms with Gasteiger partial charge in [-0.15, -0.1) is 0 Å². The number of hydrogen-bond donors (Lipinski definition) is 1. The number of amides is 2. The lowest BCUT2D eigenvalue weighted by Gasteiger charge is -2.40. The molecular weight excluding hydrogens is 330 g/mol. The average molecular weight is 364 g/mol. The Morgan fingerprint density at radius 2 is 2.27 bits per heavy atom. The standard InChI is InChI=1S/C19H33N5O2/c1-19(8-6-10-26-19)14-20-18(25)23(3)12-15-7-5-9-22(2)17(15)16-11-21-24(4)13-16/h11,13,15,17H,5-10,12,14H2,1-4H3,(H,20,25)/t15-,17+,19+/m0/s1. The van der Waals surface area contributed by atoms with Crippen LogP contribution in [0.25, 0.3) is 0 Å². The molecule has 3 heterocycles. The first-order valence-electron chi connectivity index (χ1n) is 9.70. The Hall–Kier alpha value is -1.60. The van der Waals surface area contributed by atoms with Crippen LogP contribution in [-0.4, -0.2) is 71.5 Å². The molecule has 0 spiro atoms. The summed E-state index contributed by atoms with van der Waals surface area (Å²) in [5, 5.41) is 7.40. The number of piperidine rings is 1. The van der Waals surface area contributed by atoms with Crippen molar-refractivity contribution in [3.8, 4) is 0 Å². The fourth-order valence-electron chi connectivity index (χ4n) is 4.38. The van der Waals surface area contributed by atoms with Crippen molar-refractivity contribution in [3.63, 3.8) is 0 Å². The van der Waals surface area contributed by atoms with Crippen molar-refractivity contribution >= 4 is 6.03 Å². The van der Waals surface area contributed by atoms with Gasteiger partial charge in [0.1, 0.15) is 0 Å². The van der Waals surface area contributed by atoms with Crippen LogP contribution in [0.4, 0.5) is 4.79 Å². The number of ether oxygens (including phenoxy) is 1. The minimum absolute atomic E-state index is 0.0140. The largest absolute Gasteiger partial charge is 0.373 e. The maximum Gasteiger partial charge on any atom is 0.317 e. The van der Waals surface area contributed by atoms with Crippen LogP contribution in [0.2, 0.25) is 0 Å². The van der Waals surface area contributed by atoms with Gasteiger partial charge < -0.3 is 15.0 Å². The molecule has 3 rings (SSSR count). The molecule has 7 nitrogen and oxygen atoms in total. The van der Waals surface area contributed by atoms with E-state index in [-0.39, 0.29) is 11.6 Å². The zero-order valence-electron chi connectivity index (χ0n) is 16.6. The smallest absolute Gasteiger partial charge is 0.317 e. The molecule has 26 heavy (non-hydrogen) atoms. The topological polar surface area (TPSA) is 62.6 Å². The maximum atomic E-state index is 12.6. The van der Waals surface area contributed by atoms with Gasteiger partial charge in [0.2, 0.25) is 0 Å². The van der Waals surface area contributed by atoms with Gasteiger partial charge in [-0.1, -0.05) is 0 Å². The van der Waals surface area contributed by atoms with Gasteiger partial charge >= 0.3 is 6.03 Å². The van der Waals surface area contributed by atoms with Crippen molar-refractivity contribution in [1.82, 2.24) is 24.9 Å². The second-order valence-electron chi connectivity index (χ2n) is 8.22. The molecule has 1 N–H and O–H groups in total. The summed E-state index contributed by atoms with van der Waals surface area (Å²) < 4.78 is 7.62. The third-order valence-electron chi connectivity index (χ3n) is 5.84. The number of carbonyl (C=O) groups excluding carboxylic acids is 1. The fourth-order valence-corrected chi connectivity index (χ4v) is 4.38. The van der Waals surface area contributed by atoms with Crippen LogP contribution in [-0.2, 0) is 11.8 Å². The van der Waals surface area contributed by atoms with Gasteiger partial charge in [0.15, 0.2) is 0 Å². The van der Waals surface area contributed by atoms with Crippen LogP contribution < -0.4 is 5.32 Å². The molecule has 7 heteroatoms. The number of carbonyl (C=O) groups is 1. The van der Waals surface area contributed by atoms with Gasteiger partial charge in [-0.25, -0.2) is 4.79 Å². The minimum Gasteiger partial charge on any atom is -0.373 e. The number of hydrogen-bond acceptors (Lipinski definition) is 4. The second kappa shape index (κ2) is 7.96. The van der Waals surface area contributed by atoms with E-state index in [1.165, 1.54) is 12.0 Å². The number of likely N-dealkylation sites (tertiary alicyclic amines) is 1. The highest BCUT2D eigenvalue weighted by molar-refractivity contribution is 5.73. The van der Waals surface area contributed by atoms with E-state index in [1.807, 2.05) is 29.9 Å². The molecule has 2 amide bonds. The van der Waals surface area contributed by atoms with Gasteiger partial charge in [0, 0.05) is 51.6 Å². The molecule has 2 aliphatic rings. The minimum atomic E-state index is -0.209. The highest BCUT2D eigenvalue weighted by atomic mass is 16.5. The van der Waals surface area contributed by atoms with Crippen molar-refractivity contribution in [2.75, 3.05) is 40.3 Å². The fraction of sp³-hybridized carbons (Fsp3) is 0.789. The van der Waals surface area contributed by atoms with Gasteiger partial charge in [-0.2, -0.15) is 5.10 Å². The summed E-state index contributed by atoms with van der Waals surface area (Å²) in [7, 11) is 6.01. The van der Waals surface area contributed by atoms with Crippen molar-refractivity contribution in [3.05, 3.63) is 18.0 Å². The Balaban J connectivity index is 1.58. The summed E-state index contributed by atoms with van der Waals surface area (Å²) in [4.78, 5) is 16.8. The molecule has 0 aromatic carbocycles. The molecule has 0 radical (unpaired) electrons. The van der Waals surface area contributed by atoms with Crippen molar-refractivity contribution in [1.29, 1.82) is 0 Å². The Labute approximate surface area is 156 Å². The molecule has 0 saturated carbocycles. The van der Waals surface area contributed by atoms with Crippen LogP contribution in [0.5, 0.6) is 0 Å². The Kier molecular flexibility index (Phi) is 5.87. The van der Waals surface area contributed by atoms with E-state index in [0.29, 0.717) is 18.5 Å². The molecule has 2 fully saturated rings. The highest BCUT2D eigenvalue weighted by Gasteiger charge is 2.34. The van der Waals surface area contributed by atoms with Gasteiger partial charge in [-0.05, 0) is 52.1 Å². The summed E-state index contributed by atoms with van der Waals surface area (Å²) in [6.45, 7) is 5.28.